The fraction of sp³-hybridized carbons (Fsp3) is 0.556. The van der Waals surface area contributed by atoms with E-state index in [9.17, 15) is 0 Å². The van der Waals surface area contributed by atoms with Crippen LogP contribution in [-0.4, -0.2) is 60.9 Å². The molecule has 2 rings (SSSR count). The van der Waals surface area contributed by atoms with E-state index in [0.29, 0.717) is 6.61 Å². The van der Waals surface area contributed by atoms with E-state index in [1.165, 1.54) is 18.7 Å². The lowest BCUT2D eigenvalue weighted by Gasteiger charge is -2.35. The van der Waals surface area contributed by atoms with E-state index in [0.717, 1.165) is 38.3 Å². The molecule has 1 atom stereocenters. The van der Waals surface area contributed by atoms with E-state index in [1.807, 2.05) is 24.3 Å². The lowest BCUT2D eigenvalue weighted by Crippen LogP contribution is -2.48. The summed E-state index contributed by atoms with van der Waals surface area (Å²) >= 11 is 4.70. The highest BCUT2D eigenvalue weighted by Gasteiger charge is 2.18. The quantitative estimate of drug-likeness (QED) is 0.586. The molecule has 3 nitrogen and oxygen atoms in total. The first-order valence-electron chi connectivity index (χ1n) is 8.17. The van der Waals surface area contributed by atoms with Crippen LogP contribution in [0.5, 0.6) is 5.75 Å². The third-order valence-corrected chi connectivity index (χ3v) is 4.46. The van der Waals surface area contributed by atoms with Crippen LogP contribution < -0.4 is 4.74 Å². The van der Waals surface area contributed by atoms with Gasteiger partial charge >= 0.3 is 0 Å². The van der Waals surface area contributed by atoms with E-state index in [4.69, 9.17) is 17.4 Å². The average Bonchev–Trinajstić information content (AvgIpc) is 2.55. The van der Waals surface area contributed by atoms with Crippen molar-refractivity contribution in [1.29, 1.82) is 0 Å². The Kier molecular flexibility index (Phi) is 7.30. The van der Waals surface area contributed by atoms with Crippen LogP contribution in [0.1, 0.15) is 12.5 Å². The van der Waals surface area contributed by atoms with Gasteiger partial charge in [0, 0.05) is 38.0 Å². The van der Waals surface area contributed by atoms with Gasteiger partial charge in [-0.1, -0.05) is 31.2 Å². The Hall–Kier alpha value is -0.970. The van der Waals surface area contributed by atoms with Crippen molar-refractivity contribution in [2.45, 2.75) is 18.6 Å². The van der Waals surface area contributed by atoms with Crippen LogP contribution in [0.4, 0.5) is 0 Å². The molecule has 0 radical (unpaired) electrons. The Bertz CT molecular complexity index is 458. The second kappa shape index (κ2) is 9.23. The second-order valence-corrected chi connectivity index (χ2v) is 6.53. The number of benzene rings is 1. The Morgan fingerprint density at radius 2 is 1.91 bits per heavy atom. The molecular weight excluding hydrogens is 292 g/mol. The third-order valence-electron chi connectivity index (χ3n) is 4.15. The van der Waals surface area contributed by atoms with Gasteiger partial charge in [-0.15, -0.1) is 6.58 Å². The molecule has 22 heavy (non-hydrogen) atoms. The summed E-state index contributed by atoms with van der Waals surface area (Å²) < 4.78 is 5.97. The summed E-state index contributed by atoms with van der Waals surface area (Å²) in [4.78, 5) is 4.98. The molecule has 1 aromatic rings. The molecular formula is C18H28N2OS. The van der Waals surface area contributed by atoms with Crippen molar-refractivity contribution >= 4 is 12.6 Å². The van der Waals surface area contributed by atoms with Crippen LogP contribution in [-0.2, 0) is 6.42 Å². The summed E-state index contributed by atoms with van der Waals surface area (Å²) in [5.74, 6) is 0.956. The smallest absolute Gasteiger partial charge is 0.122 e. The van der Waals surface area contributed by atoms with Crippen molar-refractivity contribution in [3.8, 4) is 5.75 Å². The molecule has 0 N–H and O–H groups in total. The van der Waals surface area contributed by atoms with Gasteiger partial charge < -0.3 is 9.64 Å². The molecule has 0 unspecified atom stereocenters. The van der Waals surface area contributed by atoms with Gasteiger partial charge in [0.25, 0.3) is 0 Å². The highest BCUT2D eigenvalue weighted by Crippen LogP contribution is 2.19. The van der Waals surface area contributed by atoms with Gasteiger partial charge in [0.2, 0.25) is 0 Å². The minimum absolute atomic E-state index is 0.241. The van der Waals surface area contributed by atoms with Gasteiger partial charge in [-0.3, -0.25) is 4.90 Å². The van der Waals surface area contributed by atoms with Crippen LogP contribution >= 0.6 is 12.6 Å². The maximum atomic E-state index is 5.97. The number of nitrogens with zero attached hydrogens (tertiary/aromatic N) is 2. The van der Waals surface area contributed by atoms with Crippen LogP contribution in [0, 0.1) is 0 Å². The molecule has 0 amide bonds. The molecule has 0 aromatic heterocycles. The van der Waals surface area contributed by atoms with E-state index in [-0.39, 0.29) is 5.25 Å². The Labute approximate surface area is 140 Å². The number of hydrogen-bond donors (Lipinski definition) is 1. The molecule has 0 aliphatic carbocycles. The zero-order valence-electron chi connectivity index (χ0n) is 13.6. The Morgan fingerprint density at radius 3 is 2.59 bits per heavy atom. The Balaban J connectivity index is 1.76. The van der Waals surface area contributed by atoms with E-state index in [1.54, 1.807) is 0 Å². The predicted molar refractivity (Wildman–Crippen MR) is 97.2 cm³/mol. The van der Waals surface area contributed by atoms with Gasteiger partial charge in [-0.2, -0.15) is 12.6 Å². The number of rotatable bonds is 8. The zero-order valence-corrected chi connectivity index (χ0v) is 14.5. The molecule has 4 heteroatoms. The van der Waals surface area contributed by atoms with Crippen molar-refractivity contribution in [3.05, 3.63) is 42.5 Å². The summed E-state index contributed by atoms with van der Waals surface area (Å²) in [6, 6.07) is 8.17. The van der Waals surface area contributed by atoms with Crippen LogP contribution in [0.2, 0.25) is 0 Å². The number of para-hydroxylation sites is 1. The highest BCUT2D eigenvalue weighted by atomic mass is 32.1. The van der Waals surface area contributed by atoms with Gasteiger partial charge in [-0.25, -0.2) is 0 Å². The van der Waals surface area contributed by atoms with E-state index < -0.39 is 0 Å². The number of allylic oxidation sites excluding steroid dienone is 1. The first kappa shape index (κ1) is 17.4. The molecule has 1 aromatic carbocycles. The first-order valence-corrected chi connectivity index (χ1v) is 8.69. The first-order chi connectivity index (χ1) is 10.7. The lowest BCUT2D eigenvalue weighted by molar-refractivity contribution is 0.132. The summed E-state index contributed by atoms with van der Waals surface area (Å²) in [5, 5.41) is 0.241. The summed E-state index contributed by atoms with van der Waals surface area (Å²) in [5.41, 5.74) is 1.19. The molecule has 0 spiro atoms. The maximum Gasteiger partial charge on any atom is 0.122 e. The fourth-order valence-electron chi connectivity index (χ4n) is 2.79. The number of thiol groups is 1. The Morgan fingerprint density at radius 1 is 1.23 bits per heavy atom. The van der Waals surface area contributed by atoms with Gasteiger partial charge in [-0.05, 0) is 24.6 Å². The summed E-state index contributed by atoms with van der Waals surface area (Å²) in [6.45, 7) is 13.4. The largest absolute Gasteiger partial charge is 0.492 e. The molecule has 1 fully saturated rings. The fourth-order valence-corrected chi connectivity index (χ4v) is 3.10. The van der Waals surface area contributed by atoms with E-state index in [2.05, 4.69) is 29.4 Å². The van der Waals surface area contributed by atoms with Gasteiger partial charge in [0.05, 0.1) is 0 Å². The number of ether oxygens (including phenoxy) is 1. The van der Waals surface area contributed by atoms with Crippen molar-refractivity contribution in [2.24, 2.45) is 0 Å². The SMILES string of the molecule is C=CCc1ccccc1OC[C@H](S)CN1CCN(CC)CC1. The van der Waals surface area contributed by atoms with Crippen molar-refractivity contribution in [1.82, 2.24) is 9.80 Å². The number of piperazine rings is 1. The van der Waals surface area contributed by atoms with Crippen molar-refractivity contribution < 1.29 is 4.74 Å². The molecule has 1 saturated heterocycles. The highest BCUT2D eigenvalue weighted by molar-refractivity contribution is 7.81. The van der Waals surface area contributed by atoms with Crippen LogP contribution in [0.25, 0.3) is 0 Å². The van der Waals surface area contributed by atoms with Crippen molar-refractivity contribution in [2.75, 3.05) is 45.9 Å². The molecule has 1 aliphatic heterocycles. The zero-order chi connectivity index (χ0) is 15.8. The van der Waals surface area contributed by atoms with E-state index >= 15 is 0 Å². The summed E-state index contributed by atoms with van der Waals surface area (Å²) in [6.07, 6.45) is 2.75. The second-order valence-electron chi connectivity index (χ2n) is 5.80. The standard InChI is InChI=1S/C18H28N2OS/c1-3-7-16-8-5-6-9-18(16)21-15-17(22)14-20-12-10-19(4-2)11-13-20/h3,5-6,8-9,17,22H,1,4,7,10-15H2,2H3/t17-/m1/s1. The van der Waals surface area contributed by atoms with Crippen LogP contribution in [0.3, 0.4) is 0 Å². The third kappa shape index (κ3) is 5.34. The van der Waals surface area contributed by atoms with Gasteiger partial charge in [0.1, 0.15) is 12.4 Å². The maximum absolute atomic E-state index is 5.97. The normalized spacial score (nSPS) is 18.1. The molecule has 0 bridgehead atoms. The molecule has 1 heterocycles. The monoisotopic (exact) mass is 320 g/mol. The molecule has 1 aliphatic rings. The number of likely N-dealkylation sites (N-methyl/N-ethyl adjacent to an activating group) is 1. The van der Waals surface area contributed by atoms with Crippen LogP contribution in [0.15, 0.2) is 36.9 Å². The molecule has 122 valence electrons. The average molecular weight is 321 g/mol. The number of hydrogen-bond acceptors (Lipinski definition) is 4. The summed E-state index contributed by atoms with van der Waals surface area (Å²) in [7, 11) is 0. The van der Waals surface area contributed by atoms with Crippen molar-refractivity contribution in [3.63, 3.8) is 0 Å². The minimum Gasteiger partial charge on any atom is -0.492 e. The lowest BCUT2D eigenvalue weighted by atomic mass is 10.1. The molecule has 0 saturated carbocycles. The minimum atomic E-state index is 0.241. The van der Waals surface area contributed by atoms with Gasteiger partial charge in [0.15, 0.2) is 0 Å². The predicted octanol–water partition coefficient (Wildman–Crippen LogP) is 2.73. The topological polar surface area (TPSA) is 15.7 Å².